The van der Waals surface area contributed by atoms with Gasteiger partial charge in [-0.2, -0.15) is 0 Å². The first-order valence-electron chi connectivity index (χ1n) is 6.87. The number of rotatable bonds is 2. The van der Waals surface area contributed by atoms with Crippen molar-refractivity contribution in [3.05, 3.63) is 86.1 Å². The van der Waals surface area contributed by atoms with Crippen LogP contribution in [-0.4, -0.2) is 9.97 Å². The van der Waals surface area contributed by atoms with E-state index in [1.807, 2.05) is 60.7 Å². The van der Waals surface area contributed by atoms with Crippen molar-refractivity contribution in [1.29, 1.82) is 0 Å². The van der Waals surface area contributed by atoms with Gasteiger partial charge >= 0.3 is 0 Å². The molecule has 0 spiro atoms. The molecule has 0 unspecified atom stereocenters. The fourth-order valence-electron chi connectivity index (χ4n) is 2.69. The Morgan fingerprint density at radius 2 is 1.18 bits per heavy atom. The molecule has 0 aliphatic carbocycles. The molecule has 2 heterocycles. The number of hydrogen-bond donors (Lipinski definition) is 0. The Labute approximate surface area is 131 Å². The highest BCUT2D eigenvalue weighted by atomic mass is 32.1. The zero-order valence-corrected chi connectivity index (χ0v) is 12.3. The molecule has 4 rings (SSSR count). The van der Waals surface area contributed by atoms with E-state index in [4.69, 9.17) is 12.2 Å². The molecule has 104 valence electrons. The molecule has 0 saturated heterocycles. The maximum absolute atomic E-state index is 12.4. The van der Waals surface area contributed by atoms with Gasteiger partial charge in [0.2, 0.25) is 0 Å². The van der Waals surface area contributed by atoms with Crippen LogP contribution >= 0.6 is 12.2 Å². The van der Waals surface area contributed by atoms with Crippen molar-refractivity contribution in [3.63, 3.8) is 0 Å². The normalized spacial score (nSPS) is 11.1. The van der Waals surface area contributed by atoms with E-state index in [2.05, 4.69) is 9.97 Å². The smallest absolute Gasteiger partial charge is 0.267 e. The molecule has 0 N–H and O–H groups in total. The van der Waals surface area contributed by atoms with Gasteiger partial charge in [-0.1, -0.05) is 72.9 Å². The van der Waals surface area contributed by atoms with Crippen molar-refractivity contribution < 1.29 is 0 Å². The molecule has 0 atom stereocenters. The minimum atomic E-state index is -0.267. The second-order valence-corrected chi connectivity index (χ2v) is 5.40. The van der Waals surface area contributed by atoms with E-state index in [9.17, 15) is 4.79 Å². The van der Waals surface area contributed by atoms with Crippen LogP contribution in [0.4, 0.5) is 0 Å². The highest BCUT2D eigenvalue weighted by Gasteiger charge is 2.17. The van der Waals surface area contributed by atoms with Gasteiger partial charge in [-0.25, -0.2) is 9.97 Å². The average molecular weight is 302 g/mol. The summed E-state index contributed by atoms with van der Waals surface area (Å²) in [6.07, 6.45) is 0. The number of benzene rings is 2. The Hall–Kier alpha value is -2.72. The fraction of sp³-hybridized carbons (Fsp3) is 0. The van der Waals surface area contributed by atoms with E-state index in [1.165, 1.54) is 0 Å². The summed E-state index contributed by atoms with van der Waals surface area (Å²) in [6, 6.07) is 19.2. The van der Waals surface area contributed by atoms with E-state index in [0.29, 0.717) is 26.5 Å². The van der Waals surface area contributed by atoms with Gasteiger partial charge in [0.1, 0.15) is 4.64 Å². The zero-order valence-electron chi connectivity index (χ0n) is 11.5. The molecule has 0 fully saturated rings. The van der Waals surface area contributed by atoms with E-state index < -0.39 is 0 Å². The lowest BCUT2D eigenvalue weighted by Crippen LogP contribution is -2.01. The van der Waals surface area contributed by atoms with Gasteiger partial charge in [0, 0.05) is 11.1 Å². The zero-order chi connectivity index (χ0) is 15.1. The van der Waals surface area contributed by atoms with Gasteiger partial charge in [-0.3, -0.25) is 4.79 Å². The van der Waals surface area contributed by atoms with Crippen molar-refractivity contribution in [3.8, 4) is 22.5 Å². The molecule has 22 heavy (non-hydrogen) atoms. The highest BCUT2D eigenvalue weighted by Crippen LogP contribution is 2.25. The lowest BCUT2D eigenvalue weighted by molar-refractivity contribution is 1.25. The monoisotopic (exact) mass is 302 g/mol. The van der Waals surface area contributed by atoms with E-state index in [0.717, 1.165) is 11.1 Å². The van der Waals surface area contributed by atoms with Gasteiger partial charge in [0.25, 0.3) is 5.56 Å². The molecule has 2 aliphatic heterocycles. The summed E-state index contributed by atoms with van der Waals surface area (Å²) in [4.78, 5) is 21.0. The molecule has 4 heteroatoms. The fourth-order valence-corrected chi connectivity index (χ4v) is 2.98. The van der Waals surface area contributed by atoms with Crippen molar-refractivity contribution >= 4 is 12.2 Å². The quantitative estimate of drug-likeness (QED) is 0.532. The van der Waals surface area contributed by atoms with E-state index in [-0.39, 0.29) is 5.56 Å². The largest absolute Gasteiger partial charge is 0.280 e. The summed E-state index contributed by atoms with van der Waals surface area (Å²) in [5.41, 5.74) is 2.75. The first-order chi connectivity index (χ1) is 10.8. The van der Waals surface area contributed by atoms with Crippen molar-refractivity contribution in [2.75, 3.05) is 0 Å². The predicted molar refractivity (Wildman–Crippen MR) is 87.7 cm³/mol. The second-order valence-electron chi connectivity index (χ2n) is 5.01. The summed E-state index contributed by atoms with van der Waals surface area (Å²) >= 11 is 5.39. The van der Waals surface area contributed by atoms with Gasteiger partial charge in [-0.05, 0) is 0 Å². The molecule has 0 saturated carbocycles. The standard InChI is InChI=1S/C18H10N2OS/c21-17-13-14(16(19-17)12-9-5-2-6-10-12)18(22)20-15(13)11-7-3-1-4-8-11/h1-10H. The second kappa shape index (κ2) is 4.93. The molecule has 2 aromatic carbocycles. The van der Waals surface area contributed by atoms with Gasteiger partial charge < -0.3 is 0 Å². The topological polar surface area (TPSA) is 42.9 Å². The van der Waals surface area contributed by atoms with E-state index >= 15 is 0 Å². The van der Waals surface area contributed by atoms with Crippen molar-refractivity contribution in [1.82, 2.24) is 9.97 Å². The molecule has 0 radical (unpaired) electrons. The molecule has 0 aromatic heterocycles. The van der Waals surface area contributed by atoms with Gasteiger partial charge in [-0.15, -0.1) is 0 Å². The van der Waals surface area contributed by atoms with Crippen molar-refractivity contribution in [2.24, 2.45) is 0 Å². The number of aromatic nitrogens is 2. The predicted octanol–water partition coefficient (Wildman–Crippen LogP) is 3.50. The lowest BCUT2D eigenvalue weighted by atomic mass is 10.1. The maximum atomic E-state index is 12.4. The number of nitrogens with zero attached hydrogens (tertiary/aromatic N) is 2. The Kier molecular flexibility index (Phi) is 2.91. The molecule has 0 amide bonds. The van der Waals surface area contributed by atoms with Crippen LogP contribution in [0.3, 0.4) is 0 Å². The average Bonchev–Trinajstić information content (AvgIpc) is 3.09. The van der Waals surface area contributed by atoms with Crippen LogP contribution in [0.15, 0.2) is 65.5 Å². The van der Waals surface area contributed by atoms with Crippen LogP contribution in [-0.2, 0) is 0 Å². The summed E-state index contributed by atoms with van der Waals surface area (Å²) in [5, 5.41) is 1.21. The van der Waals surface area contributed by atoms with Crippen molar-refractivity contribution in [2.45, 2.75) is 0 Å². The third-order valence-corrected chi connectivity index (χ3v) is 3.97. The minimum absolute atomic E-state index is 0.267. The summed E-state index contributed by atoms with van der Waals surface area (Å²) in [5.74, 6) is 0. The molecule has 2 aromatic rings. The maximum Gasteiger partial charge on any atom is 0.280 e. The first-order valence-corrected chi connectivity index (χ1v) is 7.28. The van der Waals surface area contributed by atoms with Gasteiger partial charge in [0.05, 0.1) is 21.8 Å². The van der Waals surface area contributed by atoms with Crippen LogP contribution < -0.4 is 5.56 Å². The number of hydrogen-bond acceptors (Lipinski definition) is 4. The van der Waals surface area contributed by atoms with Crippen LogP contribution in [0.25, 0.3) is 22.5 Å². The summed E-state index contributed by atoms with van der Waals surface area (Å²) in [7, 11) is 0. The lowest BCUT2D eigenvalue weighted by Gasteiger charge is -1.94. The minimum Gasteiger partial charge on any atom is -0.267 e. The Bertz CT molecular complexity index is 1010. The molecule has 3 nitrogen and oxygen atoms in total. The molecular formula is C18H10N2OS. The Morgan fingerprint density at radius 1 is 0.682 bits per heavy atom. The van der Waals surface area contributed by atoms with Crippen LogP contribution in [0.1, 0.15) is 0 Å². The first kappa shape index (κ1) is 13.0. The molecule has 2 aliphatic rings. The van der Waals surface area contributed by atoms with Crippen LogP contribution in [0, 0.1) is 15.1 Å². The van der Waals surface area contributed by atoms with Gasteiger partial charge in [0.15, 0.2) is 0 Å². The molecule has 0 bridgehead atoms. The highest BCUT2D eigenvalue weighted by molar-refractivity contribution is 7.71. The van der Waals surface area contributed by atoms with Crippen LogP contribution in [0.5, 0.6) is 0 Å². The Balaban J connectivity index is 2.12. The SMILES string of the molecule is O=c1nc(-c2ccccc2)c2c(=S)nc(-c3ccccc3)c1=2. The Morgan fingerprint density at radius 3 is 1.73 bits per heavy atom. The third kappa shape index (κ3) is 1.89. The summed E-state index contributed by atoms with van der Waals surface area (Å²) < 4.78 is 0.433. The van der Waals surface area contributed by atoms with Crippen LogP contribution in [0.2, 0.25) is 0 Å². The van der Waals surface area contributed by atoms with E-state index in [1.54, 1.807) is 0 Å². The third-order valence-electron chi connectivity index (χ3n) is 3.67. The molecular weight excluding hydrogens is 292 g/mol. The summed E-state index contributed by atoms with van der Waals surface area (Å²) in [6.45, 7) is 0.